The van der Waals surface area contributed by atoms with Crippen LogP contribution in [0.2, 0.25) is 0 Å². The second-order valence-corrected chi connectivity index (χ2v) is 10.1. The fourth-order valence-electron chi connectivity index (χ4n) is 5.38. The second kappa shape index (κ2) is 11.7. The number of rotatable bonds is 8. The average molecular weight is 565 g/mol. The van der Waals surface area contributed by atoms with E-state index in [9.17, 15) is 27.6 Å². The van der Waals surface area contributed by atoms with Gasteiger partial charge < -0.3 is 4.90 Å². The number of fused-ring (bicyclic) bond motifs is 1. The van der Waals surface area contributed by atoms with Crippen molar-refractivity contribution in [2.45, 2.75) is 38.8 Å². The third-order valence-corrected chi connectivity index (χ3v) is 7.49. The lowest BCUT2D eigenvalue weighted by atomic mass is 10.1. The number of nitrogens with zero attached hydrogens (tertiary/aromatic N) is 4. The van der Waals surface area contributed by atoms with Crippen LogP contribution < -0.4 is 14.7 Å². The Bertz CT molecular complexity index is 1420. The van der Waals surface area contributed by atoms with E-state index in [1.165, 1.54) is 35.9 Å². The molecule has 10 heteroatoms. The highest BCUT2D eigenvalue weighted by atomic mass is 19.4. The summed E-state index contributed by atoms with van der Waals surface area (Å²) in [5.41, 5.74) is 0.161. The standard InChI is InChI=1S/C31H31F3N4O3/c1-2-36-26-17-14-23(31(32,33)34)21-27(26)37(24-9-4-3-5-10-24)30(41)38(29(36)40)25-15-12-22(13-16-25)28(39)11-8-20-35-18-6-7-19-35/h3-5,9-10,12-17,21H,2,6-8,11,18-20H2,1H3. The molecule has 0 aliphatic carbocycles. The fourth-order valence-corrected chi connectivity index (χ4v) is 5.38. The van der Waals surface area contributed by atoms with E-state index in [0.29, 0.717) is 17.7 Å². The summed E-state index contributed by atoms with van der Waals surface area (Å²) in [5, 5.41) is 0. The van der Waals surface area contributed by atoms with Gasteiger partial charge in [0.05, 0.1) is 28.3 Å². The first-order chi connectivity index (χ1) is 19.7. The van der Waals surface area contributed by atoms with Crippen LogP contribution in [0.5, 0.6) is 0 Å². The molecule has 0 aromatic heterocycles. The Morgan fingerprint density at radius 3 is 2.10 bits per heavy atom. The van der Waals surface area contributed by atoms with Gasteiger partial charge in [-0.25, -0.2) is 14.5 Å². The van der Waals surface area contributed by atoms with Crippen molar-refractivity contribution in [2.75, 3.05) is 40.9 Å². The number of amides is 4. The number of likely N-dealkylation sites (tertiary alicyclic amines) is 1. The topological polar surface area (TPSA) is 64.2 Å². The van der Waals surface area contributed by atoms with Gasteiger partial charge in [0.15, 0.2) is 5.78 Å². The number of hydrogen-bond acceptors (Lipinski definition) is 4. The number of anilines is 4. The first-order valence-electron chi connectivity index (χ1n) is 13.8. The maximum absolute atomic E-state index is 14.1. The Balaban J connectivity index is 1.49. The molecule has 2 heterocycles. The number of carbonyl (C=O) groups is 3. The summed E-state index contributed by atoms with van der Waals surface area (Å²) in [5.74, 6) is -0.0301. The van der Waals surface area contributed by atoms with E-state index in [4.69, 9.17) is 0 Å². The smallest absolute Gasteiger partial charge is 0.303 e. The molecular weight excluding hydrogens is 533 g/mol. The average Bonchev–Trinajstić information content (AvgIpc) is 3.45. The molecule has 1 fully saturated rings. The van der Waals surface area contributed by atoms with Gasteiger partial charge in [-0.2, -0.15) is 13.2 Å². The zero-order valence-corrected chi connectivity index (χ0v) is 22.7. The third-order valence-electron chi connectivity index (χ3n) is 7.49. The normalized spacial score (nSPS) is 16.2. The molecule has 0 N–H and O–H groups in total. The van der Waals surface area contributed by atoms with Gasteiger partial charge in [-0.15, -0.1) is 0 Å². The van der Waals surface area contributed by atoms with E-state index in [-0.39, 0.29) is 29.4 Å². The Kier molecular flexibility index (Phi) is 8.12. The maximum atomic E-state index is 14.1. The van der Waals surface area contributed by atoms with Crippen molar-refractivity contribution in [3.05, 3.63) is 83.9 Å². The third kappa shape index (κ3) is 5.83. The van der Waals surface area contributed by atoms with Crippen molar-refractivity contribution in [1.29, 1.82) is 0 Å². The fraction of sp³-hybridized carbons (Fsp3) is 0.323. The van der Waals surface area contributed by atoms with Gasteiger partial charge in [0.2, 0.25) is 0 Å². The number of ketones is 1. The van der Waals surface area contributed by atoms with Crippen molar-refractivity contribution in [1.82, 2.24) is 4.90 Å². The van der Waals surface area contributed by atoms with Gasteiger partial charge in [-0.1, -0.05) is 18.2 Å². The summed E-state index contributed by atoms with van der Waals surface area (Å²) in [7, 11) is 0. The van der Waals surface area contributed by atoms with Crippen LogP contribution >= 0.6 is 0 Å². The lowest BCUT2D eigenvalue weighted by Crippen LogP contribution is -2.48. The molecule has 0 spiro atoms. The number of hydrogen-bond donors (Lipinski definition) is 0. The van der Waals surface area contributed by atoms with Crippen LogP contribution in [-0.4, -0.2) is 48.9 Å². The Morgan fingerprint density at radius 1 is 0.805 bits per heavy atom. The van der Waals surface area contributed by atoms with Crippen LogP contribution in [0.3, 0.4) is 0 Å². The monoisotopic (exact) mass is 564 g/mol. The molecular formula is C31H31F3N4O3. The molecule has 0 atom stereocenters. The van der Waals surface area contributed by atoms with Crippen LogP contribution in [0.15, 0.2) is 72.8 Å². The number of carbonyl (C=O) groups excluding carboxylic acids is 3. The predicted molar refractivity (Wildman–Crippen MR) is 152 cm³/mol. The molecule has 2 aliphatic heterocycles. The summed E-state index contributed by atoms with van der Waals surface area (Å²) in [6.45, 7) is 4.80. The number of para-hydroxylation sites is 1. The largest absolute Gasteiger partial charge is 0.416 e. The predicted octanol–water partition coefficient (Wildman–Crippen LogP) is 7.49. The van der Waals surface area contributed by atoms with Crippen molar-refractivity contribution in [3.63, 3.8) is 0 Å². The summed E-state index contributed by atoms with van der Waals surface area (Å²) in [4.78, 5) is 46.4. The van der Waals surface area contributed by atoms with Crippen LogP contribution in [-0.2, 0) is 6.18 Å². The number of urea groups is 2. The van der Waals surface area contributed by atoms with Crippen LogP contribution in [0, 0.1) is 0 Å². The van der Waals surface area contributed by atoms with Gasteiger partial charge in [0, 0.05) is 18.5 Å². The van der Waals surface area contributed by atoms with Gasteiger partial charge in [0.25, 0.3) is 0 Å². The highest BCUT2D eigenvalue weighted by Gasteiger charge is 2.41. The summed E-state index contributed by atoms with van der Waals surface area (Å²) < 4.78 is 41.2. The summed E-state index contributed by atoms with van der Waals surface area (Å²) in [6.07, 6.45) is -1.13. The lowest BCUT2D eigenvalue weighted by Gasteiger charge is -2.27. The van der Waals surface area contributed by atoms with Crippen molar-refractivity contribution >= 4 is 40.6 Å². The first kappa shape index (κ1) is 28.4. The number of Topliss-reactive ketones (excluding diaryl/α,β-unsaturated/α-hetero) is 1. The van der Waals surface area contributed by atoms with Gasteiger partial charge in [-0.3, -0.25) is 14.6 Å². The molecule has 0 saturated carbocycles. The second-order valence-electron chi connectivity index (χ2n) is 10.1. The minimum Gasteiger partial charge on any atom is -0.303 e. The van der Waals surface area contributed by atoms with Gasteiger partial charge in [-0.05, 0) is 100 Å². The van der Waals surface area contributed by atoms with E-state index < -0.39 is 23.8 Å². The quantitative estimate of drug-likeness (QED) is 0.266. The Labute approximate surface area is 236 Å². The highest BCUT2D eigenvalue weighted by Crippen LogP contribution is 2.43. The lowest BCUT2D eigenvalue weighted by molar-refractivity contribution is -0.137. The van der Waals surface area contributed by atoms with Crippen molar-refractivity contribution < 1.29 is 27.6 Å². The van der Waals surface area contributed by atoms with Gasteiger partial charge in [0.1, 0.15) is 0 Å². The molecule has 0 bridgehead atoms. The minimum atomic E-state index is -4.65. The molecule has 0 unspecified atom stereocenters. The zero-order chi connectivity index (χ0) is 29.1. The van der Waals surface area contributed by atoms with Crippen molar-refractivity contribution in [3.8, 4) is 0 Å². The molecule has 5 rings (SSSR count). The molecule has 0 radical (unpaired) electrons. The minimum absolute atomic E-state index is 0.0301. The van der Waals surface area contributed by atoms with Crippen LogP contribution in [0.1, 0.15) is 48.5 Å². The summed E-state index contributed by atoms with van der Waals surface area (Å²) in [6, 6.07) is 15.9. The molecule has 7 nitrogen and oxygen atoms in total. The molecule has 3 aromatic carbocycles. The Morgan fingerprint density at radius 2 is 1.46 bits per heavy atom. The zero-order valence-electron chi connectivity index (χ0n) is 22.7. The van der Waals surface area contributed by atoms with E-state index in [1.807, 2.05) is 0 Å². The van der Waals surface area contributed by atoms with Crippen molar-refractivity contribution in [2.24, 2.45) is 0 Å². The summed E-state index contributed by atoms with van der Waals surface area (Å²) >= 11 is 0. The van der Waals surface area contributed by atoms with E-state index >= 15 is 0 Å². The van der Waals surface area contributed by atoms with E-state index in [2.05, 4.69) is 4.90 Å². The van der Waals surface area contributed by atoms with Crippen LogP contribution in [0.4, 0.5) is 45.5 Å². The molecule has 41 heavy (non-hydrogen) atoms. The number of benzene rings is 3. The molecule has 214 valence electrons. The van der Waals surface area contributed by atoms with E-state index in [1.54, 1.807) is 49.4 Å². The molecule has 2 aliphatic rings. The molecule has 1 saturated heterocycles. The SMILES string of the molecule is CCN1C(=O)N(c2ccc(C(=O)CCCN3CCCC3)cc2)C(=O)N(c2ccccc2)c2cc(C(F)(F)F)ccc21. The number of alkyl halides is 3. The first-order valence-corrected chi connectivity index (χ1v) is 13.8. The molecule has 4 amide bonds. The van der Waals surface area contributed by atoms with E-state index in [0.717, 1.165) is 48.0 Å². The number of imide groups is 1. The number of halogens is 3. The highest BCUT2D eigenvalue weighted by molar-refractivity contribution is 6.28. The maximum Gasteiger partial charge on any atom is 0.416 e. The molecule has 3 aromatic rings. The Hall–Kier alpha value is -4.18. The van der Waals surface area contributed by atoms with Crippen LogP contribution in [0.25, 0.3) is 0 Å². The van der Waals surface area contributed by atoms with Gasteiger partial charge >= 0.3 is 18.2 Å².